The van der Waals surface area contributed by atoms with Crippen LogP contribution in [0.2, 0.25) is 0 Å². The van der Waals surface area contributed by atoms with E-state index >= 15 is 0 Å². The molecule has 146 valence electrons. The van der Waals surface area contributed by atoms with E-state index in [-0.39, 0.29) is 18.0 Å². The predicted molar refractivity (Wildman–Crippen MR) is 93.7 cm³/mol. The lowest BCUT2D eigenvalue weighted by Gasteiger charge is -2.28. The van der Waals surface area contributed by atoms with Crippen LogP contribution < -0.4 is 14.8 Å². The van der Waals surface area contributed by atoms with E-state index in [0.29, 0.717) is 17.9 Å². The summed E-state index contributed by atoms with van der Waals surface area (Å²) in [5.41, 5.74) is 0.954. The highest BCUT2D eigenvalue weighted by Crippen LogP contribution is 2.37. The highest BCUT2D eigenvalue weighted by Gasteiger charge is 2.34. The van der Waals surface area contributed by atoms with Crippen molar-refractivity contribution < 1.29 is 27.0 Å². The Labute approximate surface area is 155 Å². The lowest BCUT2D eigenvalue weighted by atomic mass is 9.89. The summed E-state index contributed by atoms with van der Waals surface area (Å²) >= 11 is 0. The molecule has 0 saturated heterocycles. The van der Waals surface area contributed by atoms with E-state index in [1.165, 1.54) is 12.1 Å². The number of methoxy groups -OCH3 is 2. The maximum absolute atomic E-state index is 14.3. The molecule has 0 amide bonds. The number of hydrogen-bond donors (Lipinski definition) is 1. The van der Waals surface area contributed by atoms with Gasteiger partial charge in [-0.15, -0.1) is 0 Å². The minimum atomic E-state index is -4.69. The highest BCUT2D eigenvalue weighted by atomic mass is 19.4. The van der Waals surface area contributed by atoms with Gasteiger partial charge in [-0.05, 0) is 60.7 Å². The van der Waals surface area contributed by atoms with Crippen molar-refractivity contribution in [1.29, 1.82) is 0 Å². The van der Waals surface area contributed by atoms with Gasteiger partial charge >= 0.3 is 6.18 Å². The molecular formula is C20H21F4NO2. The number of benzene rings is 2. The molecule has 0 radical (unpaired) electrons. The number of halogens is 4. The van der Waals surface area contributed by atoms with Gasteiger partial charge in [0.15, 0.2) is 11.5 Å². The third kappa shape index (κ3) is 4.03. The van der Waals surface area contributed by atoms with E-state index in [4.69, 9.17) is 9.47 Å². The zero-order chi connectivity index (χ0) is 19.6. The Balaban J connectivity index is 1.83. The molecular weight excluding hydrogens is 362 g/mol. The summed E-state index contributed by atoms with van der Waals surface area (Å²) in [7, 11) is 3.12. The molecule has 1 unspecified atom stereocenters. The monoisotopic (exact) mass is 383 g/mol. The first-order valence-electron chi connectivity index (χ1n) is 8.68. The third-order valence-electron chi connectivity index (χ3n) is 4.89. The SMILES string of the molecule is COc1cc2c(cc1OC)C(CCc1cccc(C(F)(F)F)c1F)NCC2. The summed E-state index contributed by atoms with van der Waals surface area (Å²) in [6, 6.07) is 7.13. The Bertz CT molecular complexity index is 820. The molecule has 7 heteroatoms. The second kappa shape index (κ2) is 7.76. The minimum Gasteiger partial charge on any atom is -0.493 e. The third-order valence-corrected chi connectivity index (χ3v) is 4.89. The average molecular weight is 383 g/mol. The van der Waals surface area contributed by atoms with E-state index in [1.807, 2.05) is 12.1 Å². The fourth-order valence-corrected chi connectivity index (χ4v) is 3.52. The van der Waals surface area contributed by atoms with Crippen molar-refractivity contribution in [2.45, 2.75) is 31.5 Å². The molecule has 2 aromatic rings. The van der Waals surface area contributed by atoms with Crippen LogP contribution in [0.1, 0.15) is 34.7 Å². The highest BCUT2D eigenvalue weighted by molar-refractivity contribution is 5.49. The van der Waals surface area contributed by atoms with Crippen LogP contribution in [0.3, 0.4) is 0 Å². The molecule has 2 aromatic carbocycles. The summed E-state index contributed by atoms with van der Waals surface area (Å²) in [6.45, 7) is 0.734. The van der Waals surface area contributed by atoms with Gasteiger partial charge in [-0.2, -0.15) is 13.2 Å². The minimum absolute atomic E-state index is 0.0687. The van der Waals surface area contributed by atoms with Gasteiger partial charge in [0.1, 0.15) is 5.82 Å². The van der Waals surface area contributed by atoms with E-state index < -0.39 is 17.6 Å². The molecule has 0 saturated carbocycles. The molecule has 3 rings (SSSR count). The zero-order valence-electron chi connectivity index (χ0n) is 15.1. The Morgan fingerprint density at radius 3 is 2.48 bits per heavy atom. The molecule has 0 aromatic heterocycles. The van der Waals surface area contributed by atoms with Crippen LogP contribution >= 0.6 is 0 Å². The number of alkyl halides is 3. The molecule has 3 nitrogen and oxygen atoms in total. The van der Waals surface area contributed by atoms with Crippen LogP contribution in [0.25, 0.3) is 0 Å². The van der Waals surface area contributed by atoms with Crippen LogP contribution in [0.4, 0.5) is 17.6 Å². The van der Waals surface area contributed by atoms with Crippen molar-refractivity contribution in [1.82, 2.24) is 5.32 Å². The van der Waals surface area contributed by atoms with Crippen molar-refractivity contribution in [2.24, 2.45) is 0 Å². The summed E-state index contributed by atoms with van der Waals surface area (Å²) in [4.78, 5) is 0. The molecule has 1 aliphatic rings. The van der Waals surface area contributed by atoms with Gasteiger partial charge in [0.05, 0.1) is 19.8 Å². The predicted octanol–water partition coefficient (Wildman–Crippen LogP) is 4.68. The van der Waals surface area contributed by atoms with Crippen LogP contribution in [-0.4, -0.2) is 20.8 Å². The molecule has 27 heavy (non-hydrogen) atoms. The molecule has 1 atom stereocenters. The van der Waals surface area contributed by atoms with Crippen molar-refractivity contribution >= 4 is 0 Å². The van der Waals surface area contributed by atoms with Gasteiger partial charge in [-0.1, -0.05) is 12.1 Å². The maximum atomic E-state index is 14.3. The van der Waals surface area contributed by atoms with E-state index in [2.05, 4.69) is 5.32 Å². The van der Waals surface area contributed by atoms with Crippen LogP contribution in [0.5, 0.6) is 11.5 Å². The van der Waals surface area contributed by atoms with Crippen molar-refractivity contribution in [3.05, 3.63) is 58.4 Å². The Morgan fingerprint density at radius 1 is 1.11 bits per heavy atom. The average Bonchev–Trinajstić information content (AvgIpc) is 2.65. The van der Waals surface area contributed by atoms with Crippen molar-refractivity contribution in [3.63, 3.8) is 0 Å². The van der Waals surface area contributed by atoms with Crippen LogP contribution in [-0.2, 0) is 19.0 Å². The summed E-state index contributed by atoms with van der Waals surface area (Å²) in [6.07, 6.45) is -3.22. The normalized spacial score (nSPS) is 16.7. The van der Waals surface area contributed by atoms with Gasteiger partial charge in [0.25, 0.3) is 0 Å². The Hall–Kier alpha value is -2.28. The molecule has 1 aliphatic heterocycles. The molecule has 0 aliphatic carbocycles. The number of fused-ring (bicyclic) bond motifs is 1. The smallest absolute Gasteiger partial charge is 0.419 e. The standard InChI is InChI=1S/C20H21F4NO2/c1-26-17-10-13-8-9-25-16(14(13)11-18(17)27-2)7-6-12-4-3-5-15(19(12)21)20(22,23)24/h3-5,10-11,16,25H,6-9H2,1-2H3. The first kappa shape index (κ1) is 19.5. The fourth-order valence-electron chi connectivity index (χ4n) is 3.52. The number of aryl methyl sites for hydroxylation is 1. The van der Waals surface area contributed by atoms with Crippen molar-refractivity contribution in [3.8, 4) is 11.5 Å². The first-order valence-corrected chi connectivity index (χ1v) is 8.68. The summed E-state index contributed by atoms with van der Waals surface area (Å²) < 4.78 is 63.6. The topological polar surface area (TPSA) is 30.5 Å². The van der Waals surface area contributed by atoms with Gasteiger partial charge in [-0.25, -0.2) is 4.39 Å². The van der Waals surface area contributed by atoms with Gasteiger partial charge in [-0.3, -0.25) is 0 Å². The second-order valence-electron chi connectivity index (χ2n) is 6.48. The summed E-state index contributed by atoms with van der Waals surface area (Å²) in [5.74, 6) is 0.0457. The quantitative estimate of drug-likeness (QED) is 0.761. The fraction of sp³-hybridized carbons (Fsp3) is 0.400. The molecule has 0 fully saturated rings. The number of nitrogens with one attached hydrogen (secondary N) is 1. The van der Waals surface area contributed by atoms with E-state index in [9.17, 15) is 17.6 Å². The lowest BCUT2D eigenvalue weighted by Crippen LogP contribution is -2.30. The van der Waals surface area contributed by atoms with Crippen LogP contribution in [0, 0.1) is 5.82 Å². The number of rotatable bonds is 5. The van der Waals surface area contributed by atoms with E-state index in [1.54, 1.807) is 14.2 Å². The van der Waals surface area contributed by atoms with Gasteiger partial charge in [0, 0.05) is 6.04 Å². The molecule has 0 spiro atoms. The van der Waals surface area contributed by atoms with E-state index in [0.717, 1.165) is 30.2 Å². The zero-order valence-corrected chi connectivity index (χ0v) is 15.1. The number of ether oxygens (including phenoxy) is 2. The molecule has 1 heterocycles. The Morgan fingerprint density at radius 2 is 1.81 bits per heavy atom. The second-order valence-corrected chi connectivity index (χ2v) is 6.48. The van der Waals surface area contributed by atoms with Gasteiger partial charge in [0.2, 0.25) is 0 Å². The van der Waals surface area contributed by atoms with Crippen LogP contribution in [0.15, 0.2) is 30.3 Å². The molecule has 0 bridgehead atoms. The van der Waals surface area contributed by atoms with Gasteiger partial charge < -0.3 is 14.8 Å². The Kier molecular flexibility index (Phi) is 5.60. The number of hydrogen-bond acceptors (Lipinski definition) is 3. The lowest BCUT2D eigenvalue weighted by molar-refractivity contribution is -0.140. The largest absolute Gasteiger partial charge is 0.493 e. The van der Waals surface area contributed by atoms with Crippen molar-refractivity contribution in [2.75, 3.05) is 20.8 Å². The summed E-state index contributed by atoms with van der Waals surface area (Å²) in [5, 5.41) is 3.36. The first-order chi connectivity index (χ1) is 12.8. The maximum Gasteiger partial charge on any atom is 0.419 e. The molecule has 1 N–H and O–H groups in total.